The number of aliphatic carboxylic acids is 1. The van der Waals surface area contributed by atoms with Gasteiger partial charge in [-0.3, -0.25) is 9.59 Å². The Kier molecular flexibility index (Phi) is 6.27. The van der Waals surface area contributed by atoms with Crippen molar-refractivity contribution in [3.63, 3.8) is 0 Å². The van der Waals surface area contributed by atoms with Crippen LogP contribution in [0.15, 0.2) is 0 Å². The van der Waals surface area contributed by atoms with Crippen molar-refractivity contribution in [3.8, 4) is 0 Å². The van der Waals surface area contributed by atoms with E-state index in [4.69, 9.17) is 5.11 Å². The van der Waals surface area contributed by atoms with Crippen LogP contribution < -0.4 is 5.32 Å². The number of amides is 3. The van der Waals surface area contributed by atoms with Gasteiger partial charge in [0.05, 0.1) is 5.92 Å². The minimum atomic E-state index is -0.865. The lowest BCUT2D eigenvalue weighted by Crippen LogP contribution is -2.51. The van der Waals surface area contributed by atoms with Gasteiger partial charge >= 0.3 is 12.0 Å². The highest BCUT2D eigenvalue weighted by Gasteiger charge is 2.30. The van der Waals surface area contributed by atoms with Crippen LogP contribution in [0.3, 0.4) is 0 Å². The molecule has 1 aliphatic rings. The molecule has 114 valence electrons. The van der Waals surface area contributed by atoms with Gasteiger partial charge in [-0.2, -0.15) is 0 Å². The summed E-state index contributed by atoms with van der Waals surface area (Å²) in [6, 6.07) is -0.249. The Morgan fingerprint density at radius 3 is 2.65 bits per heavy atom. The van der Waals surface area contributed by atoms with E-state index in [1.54, 1.807) is 4.90 Å². The van der Waals surface area contributed by atoms with Crippen molar-refractivity contribution in [3.05, 3.63) is 0 Å². The molecule has 0 aliphatic carbocycles. The molecular weight excluding hydrogens is 262 g/mol. The van der Waals surface area contributed by atoms with Crippen LogP contribution in [0.5, 0.6) is 0 Å². The van der Waals surface area contributed by atoms with E-state index in [0.29, 0.717) is 25.9 Å². The van der Waals surface area contributed by atoms with Gasteiger partial charge in [-0.1, -0.05) is 6.92 Å². The van der Waals surface area contributed by atoms with Crippen molar-refractivity contribution in [1.29, 1.82) is 0 Å². The topological polar surface area (TPSA) is 90.0 Å². The van der Waals surface area contributed by atoms with Gasteiger partial charge in [-0.25, -0.2) is 4.79 Å². The Balaban J connectivity index is 2.67. The van der Waals surface area contributed by atoms with Gasteiger partial charge in [0.15, 0.2) is 0 Å². The zero-order valence-corrected chi connectivity index (χ0v) is 12.1. The Bertz CT molecular complexity index is 373. The molecule has 1 atom stereocenters. The lowest BCUT2D eigenvalue weighted by Gasteiger charge is -2.34. The highest BCUT2D eigenvalue weighted by Crippen LogP contribution is 2.18. The Hall–Kier alpha value is -1.79. The second kappa shape index (κ2) is 7.72. The third-order valence-electron chi connectivity index (χ3n) is 3.42. The summed E-state index contributed by atoms with van der Waals surface area (Å²) in [6.07, 6.45) is 2.03. The van der Waals surface area contributed by atoms with Crippen molar-refractivity contribution in [1.82, 2.24) is 15.1 Å². The molecule has 0 spiro atoms. The molecule has 1 aliphatic heterocycles. The Morgan fingerprint density at radius 2 is 2.10 bits per heavy atom. The third kappa shape index (κ3) is 4.40. The average molecular weight is 285 g/mol. The average Bonchev–Trinajstić information content (AvgIpc) is 2.45. The maximum Gasteiger partial charge on any atom is 0.320 e. The van der Waals surface area contributed by atoms with Crippen LogP contribution in [-0.4, -0.2) is 66.0 Å². The number of carboxylic acids is 1. The van der Waals surface area contributed by atoms with E-state index in [0.717, 1.165) is 6.42 Å². The number of carbonyl (C=O) groups is 3. The molecule has 3 amide bonds. The van der Waals surface area contributed by atoms with Gasteiger partial charge in [0, 0.05) is 26.7 Å². The number of urea groups is 1. The fourth-order valence-corrected chi connectivity index (χ4v) is 2.32. The fourth-order valence-electron chi connectivity index (χ4n) is 2.32. The minimum Gasteiger partial charge on any atom is -0.481 e. The van der Waals surface area contributed by atoms with E-state index in [-0.39, 0.29) is 25.0 Å². The molecule has 0 aromatic heterocycles. The summed E-state index contributed by atoms with van der Waals surface area (Å²) in [5, 5.41) is 11.5. The van der Waals surface area contributed by atoms with Crippen LogP contribution in [-0.2, 0) is 9.59 Å². The normalized spacial score (nSPS) is 18.5. The lowest BCUT2D eigenvalue weighted by molar-refractivity contribution is -0.143. The monoisotopic (exact) mass is 285 g/mol. The summed E-state index contributed by atoms with van der Waals surface area (Å²) in [4.78, 5) is 37.9. The lowest BCUT2D eigenvalue weighted by atomic mass is 9.98. The maximum atomic E-state index is 12.4. The van der Waals surface area contributed by atoms with E-state index in [9.17, 15) is 14.4 Å². The second-order valence-corrected chi connectivity index (χ2v) is 5.00. The number of likely N-dealkylation sites (tertiary alicyclic amines) is 1. The number of carboxylic acid groups (broad SMARTS) is 1. The van der Waals surface area contributed by atoms with E-state index < -0.39 is 11.9 Å². The number of hydrogen-bond acceptors (Lipinski definition) is 3. The SMILES string of the molecule is CCCN(CC(=O)NC)C(=O)N1CCC[C@@H](C(=O)O)C1. The van der Waals surface area contributed by atoms with Crippen molar-refractivity contribution in [2.75, 3.05) is 33.2 Å². The van der Waals surface area contributed by atoms with Gasteiger partial charge in [-0.05, 0) is 19.3 Å². The molecule has 0 bridgehead atoms. The zero-order chi connectivity index (χ0) is 15.1. The summed E-state index contributed by atoms with van der Waals surface area (Å²) in [7, 11) is 1.53. The molecule has 0 unspecified atom stereocenters. The highest BCUT2D eigenvalue weighted by molar-refractivity contribution is 5.84. The van der Waals surface area contributed by atoms with Crippen molar-refractivity contribution in [2.24, 2.45) is 5.92 Å². The van der Waals surface area contributed by atoms with E-state index in [2.05, 4.69) is 5.32 Å². The van der Waals surface area contributed by atoms with Crippen LogP contribution in [0.1, 0.15) is 26.2 Å². The molecular formula is C13H23N3O4. The smallest absolute Gasteiger partial charge is 0.320 e. The molecule has 1 heterocycles. The van der Waals surface area contributed by atoms with Gasteiger partial charge in [0.25, 0.3) is 0 Å². The quantitative estimate of drug-likeness (QED) is 0.763. The van der Waals surface area contributed by atoms with Crippen LogP contribution >= 0.6 is 0 Å². The maximum absolute atomic E-state index is 12.4. The van der Waals surface area contributed by atoms with E-state index >= 15 is 0 Å². The second-order valence-electron chi connectivity index (χ2n) is 5.00. The van der Waals surface area contributed by atoms with Gasteiger partial charge < -0.3 is 20.2 Å². The molecule has 0 radical (unpaired) electrons. The summed E-state index contributed by atoms with van der Waals surface area (Å²) in [5.74, 6) is -1.59. The first-order chi connectivity index (χ1) is 9.49. The first-order valence-electron chi connectivity index (χ1n) is 6.96. The van der Waals surface area contributed by atoms with Crippen LogP contribution in [0.25, 0.3) is 0 Å². The molecule has 1 fully saturated rings. The number of nitrogens with zero attached hydrogens (tertiary/aromatic N) is 2. The van der Waals surface area contributed by atoms with Gasteiger partial charge in [-0.15, -0.1) is 0 Å². The number of carbonyl (C=O) groups excluding carboxylic acids is 2. The minimum absolute atomic E-state index is 0.0113. The number of likely N-dealkylation sites (N-methyl/N-ethyl adjacent to an activating group) is 1. The van der Waals surface area contributed by atoms with Gasteiger partial charge in [0.2, 0.25) is 5.91 Å². The standard InChI is InChI=1S/C13H23N3O4/c1-3-6-15(9-11(17)14-2)13(20)16-7-4-5-10(8-16)12(18)19/h10H,3-9H2,1-2H3,(H,14,17)(H,18,19)/t10-/m1/s1. The number of nitrogens with one attached hydrogen (secondary N) is 1. The predicted molar refractivity (Wildman–Crippen MR) is 73.3 cm³/mol. The summed E-state index contributed by atoms with van der Waals surface area (Å²) in [5.41, 5.74) is 0. The summed E-state index contributed by atoms with van der Waals surface area (Å²) < 4.78 is 0. The van der Waals surface area contributed by atoms with Crippen LogP contribution in [0, 0.1) is 5.92 Å². The summed E-state index contributed by atoms with van der Waals surface area (Å²) >= 11 is 0. The summed E-state index contributed by atoms with van der Waals surface area (Å²) in [6.45, 7) is 3.21. The first-order valence-corrected chi connectivity index (χ1v) is 6.96. The van der Waals surface area contributed by atoms with Crippen LogP contribution in [0.2, 0.25) is 0 Å². The molecule has 7 heteroatoms. The number of hydrogen-bond donors (Lipinski definition) is 2. The molecule has 7 nitrogen and oxygen atoms in total. The molecule has 0 aromatic carbocycles. The molecule has 2 N–H and O–H groups in total. The first kappa shape index (κ1) is 16.3. The number of piperidine rings is 1. The van der Waals surface area contributed by atoms with Crippen molar-refractivity contribution < 1.29 is 19.5 Å². The molecule has 20 heavy (non-hydrogen) atoms. The Labute approximate surface area is 118 Å². The van der Waals surface area contributed by atoms with Crippen molar-refractivity contribution >= 4 is 17.9 Å². The highest BCUT2D eigenvalue weighted by atomic mass is 16.4. The number of rotatable bonds is 5. The predicted octanol–water partition coefficient (Wildman–Crippen LogP) is 0.361. The van der Waals surface area contributed by atoms with Crippen molar-refractivity contribution in [2.45, 2.75) is 26.2 Å². The Morgan fingerprint density at radius 1 is 1.40 bits per heavy atom. The zero-order valence-electron chi connectivity index (χ0n) is 12.1. The fraction of sp³-hybridized carbons (Fsp3) is 0.769. The third-order valence-corrected chi connectivity index (χ3v) is 3.42. The van der Waals surface area contributed by atoms with E-state index in [1.165, 1.54) is 11.9 Å². The molecule has 0 aromatic rings. The largest absolute Gasteiger partial charge is 0.481 e. The molecule has 1 rings (SSSR count). The van der Waals surface area contributed by atoms with E-state index in [1.807, 2.05) is 6.92 Å². The van der Waals surface area contributed by atoms with Gasteiger partial charge in [0.1, 0.15) is 6.54 Å². The van der Waals surface area contributed by atoms with Crippen LogP contribution in [0.4, 0.5) is 4.79 Å². The molecule has 0 saturated carbocycles. The molecule has 1 saturated heterocycles.